The average molecular weight is 421 g/mol. The SMILES string of the molecule is CC1CCCCN1C(=O)CN1CCC2(CCC1=O)Nc1ccccc1S(=O)(=O)N2. The van der Waals surface area contributed by atoms with Crippen LogP contribution in [-0.2, 0) is 19.6 Å². The van der Waals surface area contributed by atoms with E-state index in [0.717, 1.165) is 25.8 Å². The van der Waals surface area contributed by atoms with Gasteiger partial charge >= 0.3 is 0 Å². The minimum absolute atomic E-state index is 0.0240. The second-order valence-corrected chi connectivity index (χ2v) is 9.96. The standard InChI is InChI=1S/C20H28N4O4S/c1-15-6-4-5-12-24(15)19(26)14-23-13-11-20(10-9-18(23)25)21-16-7-2-3-8-17(16)29(27,28)22-20/h2-3,7-8,15,21-22H,4-6,9-14H2,1H3. The highest BCUT2D eigenvalue weighted by molar-refractivity contribution is 7.89. The molecule has 0 aliphatic carbocycles. The number of para-hydroxylation sites is 1. The molecule has 4 rings (SSSR count). The molecule has 0 bridgehead atoms. The third kappa shape index (κ3) is 3.98. The summed E-state index contributed by atoms with van der Waals surface area (Å²) in [6.07, 6.45) is 4.04. The van der Waals surface area contributed by atoms with Gasteiger partial charge in [0.25, 0.3) is 0 Å². The summed E-state index contributed by atoms with van der Waals surface area (Å²) < 4.78 is 28.2. The Morgan fingerprint density at radius 3 is 2.79 bits per heavy atom. The molecule has 0 saturated carbocycles. The van der Waals surface area contributed by atoms with Gasteiger partial charge < -0.3 is 15.1 Å². The quantitative estimate of drug-likeness (QED) is 0.756. The average Bonchev–Trinajstić information content (AvgIpc) is 2.82. The van der Waals surface area contributed by atoms with Crippen molar-refractivity contribution in [3.63, 3.8) is 0 Å². The zero-order valence-electron chi connectivity index (χ0n) is 16.7. The Hall–Kier alpha value is -2.13. The van der Waals surface area contributed by atoms with E-state index in [1.807, 2.05) is 4.90 Å². The molecule has 0 aromatic heterocycles. The molecule has 158 valence electrons. The fourth-order valence-electron chi connectivity index (χ4n) is 4.57. The molecule has 1 spiro atoms. The number of sulfonamides is 1. The lowest BCUT2D eigenvalue weighted by Crippen LogP contribution is -2.57. The van der Waals surface area contributed by atoms with Crippen molar-refractivity contribution in [3.8, 4) is 0 Å². The minimum Gasteiger partial charge on any atom is -0.365 e. The number of fused-ring (bicyclic) bond motifs is 1. The van der Waals surface area contributed by atoms with Crippen LogP contribution in [-0.4, -0.2) is 61.4 Å². The Bertz CT molecular complexity index is 919. The minimum atomic E-state index is -3.67. The molecule has 2 fully saturated rings. The second kappa shape index (κ2) is 7.60. The number of anilines is 1. The van der Waals surface area contributed by atoms with Crippen molar-refractivity contribution in [1.82, 2.24) is 14.5 Å². The molecule has 29 heavy (non-hydrogen) atoms. The van der Waals surface area contributed by atoms with E-state index in [0.29, 0.717) is 25.1 Å². The summed E-state index contributed by atoms with van der Waals surface area (Å²) in [4.78, 5) is 29.1. The maximum absolute atomic E-state index is 12.8. The van der Waals surface area contributed by atoms with Gasteiger partial charge in [0.1, 0.15) is 10.6 Å². The summed E-state index contributed by atoms with van der Waals surface area (Å²) in [5, 5.41) is 3.31. The number of piperidine rings is 1. The van der Waals surface area contributed by atoms with Gasteiger partial charge in [-0.25, -0.2) is 8.42 Å². The predicted octanol–water partition coefficient (Wildman–Crippen LogP) is 1.50. The summed E-state index contributed by atoms with van der Waals surface area (Å²) in [6.45, 7) is 3.17. The van der Waals surface area contributed by atoms with Crippen LogP contribution in [0.15, 0.2) is 29.2 Å². The number of nitrogens with one attached hydrogen (secondary N) is 2. The van der Waals surface area contributed by atoms with Crippen molar-refractivity contribution in [3.05, 3.63) is 24.3 Å². The van der Waals surface area contributed by atoms with Crippen molar-refractivity contribution >= 4 is 27.5 Å². The number of carbonyl (C=O) groups is 2. The molecular weight excluding hydrogens is 392 g/mol. The molecule has 2 N–H and O–H groups in total. The van der Waals surface area contributed by atoms with Gasteiger partial charge in [-0.15, -0.1) is 0 Å². The largest absolute Gasteiger partial charge is 0.365 e. The molecule has 8 nitrogen and oxygen atoms in total. The number of rotatable bonds is 2. The van der Waals surface area contributed by atoms with Crippen molar-refractivity contribution in [2.45, 2.75) is 62.0 Å². The number of hydrogen-bond acceptors (Lipinski definition) is 5. The first-order valence-electron chi connectivity index (χ1n) is 10.3. The number of likely N-dealkylation sites (tertiary alicyclic amines) is 2. The van der Waals surface area contributed by atoms with Crippen molar-refractivity contribution in [1.29, 1.82) is 0 Å². The maximum atomic E-state index is 12.8. The third-order valence-electron chi connectivity index (χ3n) is 6.26. The first-order chi connectivity index (χ1) is 13.8. The Morgan fingerprint density at radius 2 is 2.00 bits per heavy atom. The summed E-state index contributed by atoms with van der Waals surface area (Å²) in [7, 11) is -3.67. The van der Waals surface area contributed by atoms with Crippen LogP contribution in [0.25, 0.3) is 0 Å². The lowest BCUT2D eigenvalue weighted by molar-refractivity contribution is -0.142. The molecule has 9 heteroatoms. The summed E-state index contributed by atoms with van der Waals surface area (Å²) in [5.41, 5.74) is -0.371. The highest BCUT2D eigenvalue weighted by atomic mass is 32.2. The van der Waals surface area contributed by atoms with Crippen LogP contribution in [0, 0.1) is 0 Å². The smallest absolute Gasteiger partial charge is 0.244 e. The first kappa shape index (κ1) is 20.2. The molecule has 1 aromatic rings. The van der Waals surface area contributed by atoms with Crippen LogP contribution >= 0.6 is 0 Å². The number of hydrogen-bond donors (Lipinski definition) is 2. The van der Waals surface area contributed by atoms with E-state index in [2.05, 4.69) is 17.0 Å². The first-order valence-corrected chi connectivity index (χ1v) is 11.8. The van der Waals surface area contributed by atoms with Crippen molar-refractivity contribution in [2.75, 3.05) is 25.0 Å². The van der Waals surface area contributed by atoms with Crippen LogP contribution < -0.4 is 10.0 Å². The Kier molecular flexibility index (Phi) is 5.29. The lowest BCUT2D eigenvalue weighted by atomic mass is 10.0. The van der Waals surface area contributed by atoms with Gasteiger partial charge in [-0.1, -0.05) is 12.1 Å². The number of amides is 2. The highest BCUT2D eigenvalue weighted by Gasteiger charge is 2.43. The van der Waals surface area contributed by atoms with Gasteiger partial charge in [-0.3, -0.25) is 9.59 Å². The fraction of sp³-hybridized carbons (Fsp3) is 0.600. The zero-order chi connectivity index (χ0) is 20.6. The number of carbonyl (C=O) groups excluding carboxylic acids is 2. The van der Waals surface area contributed by atoms with Crippen LogP contribution in [0.5, 0.6) is 0 Å². The lowest BCUT2D eigenvalue weighted by Gasteiger charge is -2.39. The molecule has 0 radical (unpaired) electrons. The van der Waals surface area contributed by atoms with Crippen LogP contribution in [0.2, 0.25) is 0 Å². The summed E-state index contributed by atoms with van der Waals surface area (Å²) >= 11 is 0. The highest BCUT2D eigenvalue weighted by Crippen LogP contribution is 2.35. The van der Waals surface area contributed by atoms with Gasteiger partial charge in [-0.05, 0) is 44.7 Å². The molecule has 2 amide bonds. The van der Waals surface area contributed by atoms with Gasteiger partial charge in [0, 0.05) is 32.0 Å². The van der Waals surface area contributed by atoms with Crippen LogP contribution in [0.4, 0.5) is 5.69 Å². The number of nitrogens with zero attached hydrogens (tertiary/aromatic N) is 2. The summed E-state index contributed by atoms with van der Waals surface area (Å²) in [6, 6.07) is 6.97. The van der Waals surface area contributed by atoms with E-state index in [1.54, 1.807) is 29.2 Å². The van der Waals surface area contributed by atoms with Gasteiger partial charge in [-0.2, -0.15) is 4.72 Å². The van der Waals surface area contributed by atoms with E-state index in [-0.39, 0.29) is 35.7 Å². The topological polar surface area (TPSA) is 98.8 Å². The normalized spacial score (nSPS) is 29.1. The number of benzene rings is 1. The molecule has 2 unspecified atom stereocenters. The van der Waals surface area contributed by atoms with Crippen LogP contribution in [0.1, 0.15) is 45.4 Å². The zero-order valence-corrected chi connectivity index (χ0v) is 17.5. The fourth-order valence-corrected chi connectivity index (χ4v) is 6.12. The third-order valence-corrected chi connectivity index (χ3v) is 7.85. The van der Waals surface area contributed by atoms with E-state index < -0.39 is 15.7 Å². The Morgan fingerprint density at radius 1 is 1.21 bits per heavy atom. The van der Waals surface area contributed by atoms with E-state index in [9.17, 15) is 18.0 Å². The monoisotopic (exact) mass is 420 g/mol. The Labute approximate surface area is 171 Å². The molecular formula is C20H28N4O4S. The summed E-state index contributed by atoms with van der Waals surface area (Å²) in [5.74, 6) is -0.135. The molecule has 2 saturated heterocycles. The molecule has 3 heterocycles. The van der Waals surface area contributed by atoms with Gasteiger partial charge in [0.15, 0.2) is 0 Å². The van der Waals surface area contributed by atoms with Gasteiger partial charge in [0.05, 0.1) is 12.2 Å². The molecule has 3 aliphatic rings. The molecule has 1 aromatic carbocycles. The molecule has 2 atom stereocenters. The van der Waals surface area contributed by atoms with Gasteiger partial charge in [0.2, 0.25) is 21.8 Å². The predicted molar refractivity (Wildman–Crippen MR) is 109 cm³/mol. The van der Waals surface area contributed by atoms with E-state index in [4.69, 9.17) is 0 Å². The van der Waals surface area contributed by atoms with Crippen molar-refractivity contribution in [2.24, 2.45) is 0 Å². The maximum Gasteiger partial charge on any atom is 0.244 e. The van der Waals surface area contributed by atoms with E-state index in [1.165, 1.54) is 0 Å². The Balaban J connectivity index is 1.49. The van der Waals surface area contributed by atoms with Crippen molar-refractivity contribution < 1.29 is 18.0 Å². The second-order valence-electron chi connectivity index (χ2n) is 8.31. The molecule has 3 aliphatic heterocycles. The van der Waals surface area contributed by atoms with E-state index >= 15 is 0 Å². The van der Waals surface area contributed by atoms with Crippen LogP contribution in [0.3, 0.4) is 0 Å².